The van der Waals surface area contributed by atoms with Gasteiger partial charge in [-0.05, 0) is 49.2 Å². The molecular weight excluding hydrogens is 318 g/mol. The van der Waals surface area contributed by atoms with Crippen molar-refractivity contribution in [3.05, 3.63) is 65.1 Å². The van der Waals surface area contributed by atoms with Crippen molar-refractivity contribution in [1.29, 1.82) is 0 Å². The van der Waals surface area contributed by atoms with Crippen molar-refractivity contribution in [2.45, 2.75) is 20.3 Å². The fourth-order valence-corrected chi connectivity index (χ4v) is 2.74. The lowest BCUT2D eigenvalue weighted by molar-refractivity contribution is 0.0600. The number of pyridine rings is 1. The molecular formula is C19H19N3O3. The van der Waals surface area contributed by atoms with Crippen LogP contribution in [0, 0.1) is 6.92 Å². The Labute approximate surface area is 145 Å². The van der Waals surface area contributed by atoms with Gasteiger partial charge in [-0.2, -0.15) is 0 Å². The van der Waals surface area contributed by atoms with Crippen LogP contribution in [-0.4, -0.2) is 28.4 Å². The van der Waals surface area contributed by atoms with Crippen LogP contribution < -0.4 is 5.32 Å². The fourth-order valence-electron chi connectivity index (χ4n) is 2.74. The highest BCUT2D eigenvalue weighted by atomic mass is 16.5. The molecule has 0 saturated carbocycles. The zero-order chi connectivity index (χ0) is 18.0. The van der Waals surface area contributed by atoms with Crippen molar-refractivity contribution in [1.82, 2.24) is 9.38 Å². The van der Waals surface area contributed by atoms with Crippen molar-refractivity contribution >= 4 is 23.2 Å². The number of aromatic nitrogens is 2. The van der Waals surface area contributed by atoms with Gasteiger partial charge in [0.15, 0.2) is 0 Å². The molecule has 0 bridgehead atoms. The molecule has 0 spiro atoms. The molecule has 0 unspecified atom stereocenters. The minimum absolute atomic E-state index is 0.235. The number of ether oxygens (including phenoxy) is 1. The number of carbonyl (C=O) groups excluding carboxylic acids is 2. The smallest absolute Gasteiger partial charge is 0.337 e. The summed E-state index contributed by atoms with van der Waals surface area (Å²) in [6.45, 7) is 3.94. The van der Waals surface area contributed by atoms with Gasteiger partial charge in [-0.1, -0.05) is 13.0 Å². The molecule has 0 fully saturated rings. The number of carbonyl (C=O) groups is 2. The summed E-state index contributed by atoms with van der Waals surface area (Å²) in [7, 11) is 1.33. The van der Waals surface area contributed by atoms with Crippen molar-refractivity contribution < 1.29 is 14.3 Å². The van der Waals surface area contributed by atoms with E-state index in [1.54, 1.807) is 24.3 Å². The molecule has 2 aromatic heterocycles. The number of aryl methyl sites for hydroxylation is 2. The summed E-state index contributed by atoms with van der Waals surface area (Å²) in [5.41, 5.74) is 4.10. The van der Waals surface area contributed by atoms with E-state index in [4.69, 9.17) is 0 Å². The molecule has 0 radical (unpaired) electrons. The van der Waals surface area contributed by atoms with Crippen molar-refractivity contribution in [2.24, 2.45) is 0 Å². The first-order chi connectivity index (χ1) is 12.0. The largest absolute Gasteiger partial charge is 0.465 e. The number of hydrogen-bond acceptors (Lipinski definition) is 4. The Bertz CT molecular complexity index is 942. The van der Waals surface area contributed by atoms with Gasteiger partial charge < -0.3 is 10.1 Å². The molecule has 0 saturated heterocycles. The molecule has 1 N–H and O–H groups in total. The Hall–Kier alpha value is -3.15. The lowest BCUT2D eigenvalue weighted by atomic mass is 10.2. The molecule has 1 amide bonds. The van der Waals surface area contributed by atoms with Crippen molar-refractivity contribution in [3.63, 3.8) is 0 Å². The van der Waals surface area contributed by atoms with Crippen LogP contribution in [0.2, 0.25) is 0 Å². The summed E-state index contributed by atoms with van der Waals surface area (Å²) in [6.07, 6.45) is 2.49. The van der Waals surface area contributed by atoms with E-state index in [1.807, 2.05) is 36.6 Å². The average Bonchev–Trinajstić information content (AvgIpc) is 3.02. The van der Waals surface area contributed by atoms with E-state index in [9.17, 15) is 9.59 Å². The second kappa shape index (κ2) is 6.76. The monoisotopic (exact) mass is 337 g/mol. The summed E-state index contributed by atoms with van der Waals surface area (Å²) < 4.78 is 6.48. The van der Waals surface area contributed by atoms with Crippen LogP contribution in [0.5, 0.6) is 0 Å². The SMILES string of the molecule is CCc1nc2c(C)cccn2c1C(=O)Nc1ccc(C(=O)OC)cc1. The Morgan fingerprint density at radius 2 is 1.92 bits per heavy atom. The number of imidazole rings is 1. The number of anilines is 1. The molecule has 0 atom stereocenters. The van der Waals surface area contributed by atoms with Gasteiger partial charge in [0.2, 0.25) is 0 Å². The standard InChI is InChI=1S/C19H19N3O3/c1-4-15-16(22-11-5-6-12(2)17(22)21-15)18(23)20-14-9-7-13(8-10-14)19(24)25-3/h5-11H,4H2,1-3H3,(H,20,23). The minimum Gasteiger partial charge on any atom is -0.465 e. The van der Waals surface area contributed by atoms with Gasteiger partial charge in [0.25, 0.3) is 5.91 Å². The van der Waals surface area contributed by atoms with E-state index in [1.165, 1.54) is 7.11 Å². The molecule has 25 heavy (non-hydrogen) atoms. The average molecular weight is 337 g/mol. The Balaban J connectivity index is 1.92. The van der Waals surface area contributed by atoms with Crippen LogP contribution in [0.25, 0.3) is 5.65 Å². The van der Waals surface area contributed by atoms with Crippen molar-refractivity contribution in [3.8, 4) is 0 Å². The predicted molar refractivity (Wildman–Crippen MR) is 95.0 cm³/mol. The number of amides is 1. The highest BCUT2D eigenvalue weighted by molar-refractivity contribution is 6.04. The van der Waals surface area contributed by atoms with Crippen molar-refractivity contribution in [2.75, 3.05) is 12.4 Å². The number of nitrogens with zero attached hydrogens (tertiary/aromatic N) is 2. The zero-order valence-electron chi connectivity index (χ0n) is 14.4. The summed E-state index contributed by atoms with van der Waals surface area (Å²) in [6, 6.07) is 10.4. The predicted octanol–water partition coefficient (Wildman–Crippen LogP) is 3.24. The molecule has 0 aliphatic heterocycles. The first-order valence-electron chi connectivity index (χ1n) is 8.01. The van der Waals surface area contributed by atoms with E-state index in [2.05, 4.69) is 15.0 Å². The van der Waals surface area contributed by atoms with Crippen LogP contribution in [0.3, 0.4) is 0 Å². The third-order valence-corrected chi connectivity index (χ3v) is 4.03. The molecule has 2 heterocycles. The summed E-state index contributed by atoms with van der Waals surface area (Å²) in [4.78, 5) is 28.8. The first kappa shape index (κ1) is 16.7. The van der Waals surface area contributed by atoms with Gasteiger partial charge >= 0.3 is 5.97 Å². The first-order valence-corrected chi connectivity index (χ1v) is 8.01. The highest BCUT2D eigenvalue weighted by Gasteiger charge is 2.19. The van der Waals surface area contributed by atoms with Gasteiger partial charge in [-0.25, -0.2) is 9.78 Å². The molecule has 3 aromatic rings. The molecule has 6 heteroatoms. The number of benzene rings is 1. The van der Waals surface area contributed by atoms with Crippen LogP contribution in [0.15, 0.2) is 42.6 Å². The number of nitrogens with one attached hydrogen (secondary N) is 1. The molecule has 6 nitrogen and oxygen atoms in total. The van der Waals surface area contributed by atoms with Crippen LogP contribution in [0.1, 0.15) is 39.0 Å². The van der Waals surface area contributed by atoms with Crippen LogP contribution in [-0.2, 0) is 11.2 Å². The summed E-state index contributed by atoms with van der Waals surface area (Å²) >= 11 is 0. The molecule has 0 aliphatic carbocycles. The number of hydrogen-bond donors (Lipinski definition) is 1. The molecule has 1 aromatic carbocycles. The van der Waals surface area contributed by atoms with E-state index in [0.717, 1.165) is 16.9 Å². The van der Waals surface area contributed by atoms with E-state index < -0.39 is 5.97 Å². The topological polar surface area (TPSA) is 72.7 Å². The summed E-state index contributed by atoms with van der Waals surface area (Å²) in [5.74, 6) is -0.649. The molecule has 0 aliphatic rings. The van der Waals surface area contributed by atoms with Gasteiger partial charge in [0.1, 0.15) is 11.3 Å². The van der Waals surface area contributed by atoms with Gasteiger partial charge in [0.05, 0.1) is 18.4 Å². The molecule has 128 valence electrons. The number of fused-ring (bicyclic) bond motifs is 1. The fraction of sp³-hybridized carbons (Fsp3) is 0.211. The van der Waals surface area contributed by atoms with Gasteiger partial charge in [-0.15, -0.1) is 0 Å². The third kappa shape index (κ3) is 3.10. The summed E-state index contributed by atoms with van der Waals surface area (Å²) in [5, 5.41) is 2.86. The second-order valence-electron chi connectivity index (χ2n) is 5.67. The van der Waals surface area contributed by atoms with E-state index >= 15 is 0 Å². The lowest BCUT2D eigenvalue weighted by Gasteiger charge is -2.07. The Morgan fingerprint density at radius 3 is 2.56 bits per heavy atom. The van der Waals surface area contributed by atoms with Gasteiger partial charge in [0, 0.05) is 11.9 Å². The number of rotatable bonds is 4. The van der Waals surface area contributed by atoms with E-state index in [-0.39, 0.29) is 5.91 Å². The van der Waals surface area contributed by atoms with Crippen LogP contribution in [0.4, 0.5) is 5.69 Å². The van der Waals surface area contributed by atoms with Gasteiger partial charge in [-0.3, -0.25) is 9.20 Å². The quantitative estimate of drug-likeness (QED) is 0.742. The normalized spacial score (nSPS) is 10.7. The second-order valence-corrected chi connectivity index (χ2v) is 5.67. The Morgan fingerprint density at radius 1 is 1.20 bits per heavy atom. The Kier molecular flexibility index (Phi) is 4.52. The van der Waals surface area contributed by atoms with Crippen LogP contribution >= 0.6 is 0 Å². The maximum Gasteiger partial charge on any atom is 0.337 e. The maximum atomic E-state index is 12.8. The number of methoxy groups -OCH3 is 1. The molecule has 3 rings (SSSR count). The third-order valence-electron chi connectivity index (χ3n) is 4.03. The lowest BCUT2D eigenvalue weighted by Crippen LogP contribution is -2.16. The number of esters is 1. The maximum absolute atomic E-state index is 12.8. The zero-order valence-corrected chi connectivity index (χ0v) is 14.4. The highest BCUT2D eigenvalue weighted by Crippen LogP contribution is 2.19. The minimum atomic E-state index is -0.414. The van der Waals surface area contributed by atoms with E-state index in [0.29, 0.717) is 23.4 Å².